The molecule has 1 N–H and O–H groups in total. The molecule has 1 aliphatic heterocycles. The summed E-state index contributed by atoms with van der Waals surface area (Å²) >= 11 is 0. The molecule has 1 aliphatic rings. The Hall–Kier alpha value is -2.60. The van der Waals surface area contributed by atoms with Crippen LogP contribution in [0.1, 0.15) is 30.3 Å². The first-order chi connectivity index (χ1) is 12.2. The first-order valence-electron chi connectivity index (χ1n) is 8.78. The molecule has 1 fully saturated rings. The first-order valence-corrected chi connectivity index (χ1v) is 8.78. The summed E-state index contributed by atoms with van der Waals surface area (Å²) in [6.07, 6.45) is 5.95. The van der Waals surface area contributed by atoms with Gasteiger partial charge in [-0.3, -0.25) is 9.48 Å². The van der Waals surface area contributed by atoms with E-state index in [4.69, 9.17) is 4.74 Å². The third-order valence-corrected chi connectivity index (χ3v) is 4.67. The summed E-state index contributed by atoms with van der Waals surface area (Å²) in [6.45, 7) is 4.35. The average Bonchev–Trinajstić information content (AvgIpc) is 3.34. The van der Waals surface area contributed by atoms with Crippen molar-refractivity contribution in [1.29, 1.82) is 0 Å². The van der Waals surface area contributed by atoms with Gasteiger partial charge in [-0.05, 0) is 31.9 Å². The minimum absolute atomic E-state index is 0.116. The number of aryl methyl sites for hydroxylation is 1. The predicted octanol–water partition coefficient (Wildman–Crippen LogP) is 3.29. The fourth-order valence-corrected chi connectivity index (χ4v) is 3.46. The number of fused-ring (bicyclic) bond motifs is 1. The third-order valence-electron chi connectivity index (χ3n) is 4.67. The van der Waals surface area contributed by atoms with Crippen LogP contribution in [0.5, 0.6) is 0 Å². The zero-order valence-electron chi connectivity index (χ0n) is 14.3. The van der Waals surface area contributed by atoms with Crippen molar-refractivity contribution in [3.05, 3.63) is 48.4 Å². The van der Waals surface area contributed by atoms with E-state index >= 15 is 0 Å². The molecular formula is C19H22N4O2. The number of para-hydroxylation sites is 1. The van der Waals surface area contributed by atoms with E-state index in [9.17, 15) is 4.79 Å². The summed E-state index contributed by atoms with van der Waals surface area (Å²) in [7, 11) is 0. The maximum atomic E-state index is 12.7. The van der Waals surface area contributed by atoms with E-state index < -0.39 is 0 Å². The number of aromatic nitrogens is 3. The van der Waals surface area contributed by atoms with E-state index in [1.165, 1.54) is 0 Å². The van der Waals surface area contributed by atoms with Gasteiger partial charge in [0.15, 0.2) is 0 Å². The van der Waals surface area contributed by atoms with Crippen LogP contribution in [-0.4, -0.2) is 33.0 Å². The number of nitrogens with zero attached hydrogens (tertiary/aromatic N) is 3. The molecule has 0 unspecified atom stereocenters. The molecule has 1 aromatic carbocycles. The van der Waals surface area contributed by atoms with Crippen molar-refractivity contribution in [2.75, 3.05) is 11.9 Å². The Balaban J connectivity index is 1.51. The summed E-state index contributed by atoms with van der Waals surface area (Å²) in [5, 5.41) is 8.35. The van der Waals surface area contributed by atoms with Crippen LogP contribution in [0.4, 0.5) is 5.69 Å². The fourth-order valence-electron chi connectivity index (χ4n) is 3.46. The Morgan fingerprint density at radius 1 is 1.40 bits per heavy atom. The molecule has 1 atom stereocenters. The van der Waals surface area contributed by atoms with Crippen LogP contribution >= 0.6 is 0 Å². The number of carbonyl (C=O) groups excluding carboxylic acids is 1. The van der Waals surface area contributed by atoms with E-state index in [0.29, 0.717) is 11.4 Å². The summed E-state index contributed by atoms with van der Waals surface area (Å²) in [4.78, 5) is 12.7. The second-order valence-electron chi connectivity index (χ2n) is 6.37. The molecule has 25 heavy (non-hydrogen) atoms. The van der Waals surface area contributed by atoms with Crippen LogP contribution < -0.4 is 5.32 Å². The molecule has 0 radical (unpaired) electrons. The van der Waals surface area contributed by atoms with Gasteiger partial charge in [0.25, 0.3) is 5.91 Å². The molecule has 6 nitrogen and oxygen atoms in total. The van der Waals surface area contributed by atoms with Gasteiger partial charge >= 0.3 is 0 Å². The smallest absolute Gasteiger partial charge is 0.272 e. The highest BCUT2D eigenvalue weighted by Gasteiger charge is 2.18. The Morgan fingerprint density at radius 3 is 3.08 bits per heavy atom. The molecule has 0 aliphatic carbocycles. The number of amides is 1. The highest BCUT2D eigenvalue weighted by atomic mass is 16.5. The van der Waals surface area contributed by atoms with E-state index in [0.717, 1.165) is 43.4 Å². The molecule has 130 valence electrons. The summed E-state index contributed by atoms with van der Waals surface area (Å²) in [6, 6.07) is 9.97. The number of nitrogens with one attached hydrogen (secondary N) is 1. The zero-order chi connectivity index (χ0) is 17.2. The monoisotopic (exact) mass is 338 g/mol. The second-order valence-corrected chi connectivity index (χ2v) is 6.37. The predicted molar refractivity (Wildman–Crippen MR) is 96.8 cm³/mol. The van der Waals surface area contributed by atoms with Gasteiger partial charge in [0.1, 0.15) is 5.69 Å². The topological polar surface area (TPSA) is 61.1 Å². The van der Waals surface area contributed by atoms with Crippen molar-refractivity contribution < 1.29 is 9.53 Å². The maximum Gasteiger partial charge on any atom is 0.272 e. The molecule has 0 saturated carbocycles. The largest absolute Gasteiger partial charge is 0.376 e. The number of anilines is 1. The number of ether oxygens (including phenoxy) is 1. The van der Waals surface area contributed by atoms with E-state index in [1.807, 2.05) is 52.7 Å². The number of carbonyl (C=O) groups is 1. The van der Waals surface area contributed by atoms with Crippen LogP contribution in [0.15, 0.2) is 42.7 Å². The lowest BCUT2D eigenvalue weighted by Crippen LogP contribution is -2.17. The molecule has 3 aromatic rings. The van der Waals surface area contributed by atoms with Gasteiger partial charge in [0.05, 0.1) is 24.5 Å². The molecule has 6 heteroatoms. The quantitative estimate of drug-likeness (QED) is 0.776. The van der Waals surface area contributed by atoms with Gasteiger partial charge in [0.2, 0.25) is 0 Å². The van der Waals surface area contributed by atoms with E-state index in [2.05, 4.69) is 10.4 Å². The van der Waals surface area contributed by atoms with Gasteiger partial charge in [-0.25, -0.2) is 0 Å². The van der Waals surface area contributed by atoms with Crippen LogP contribution in [0.3, 0.4) is 0 Å². The van der Waals surface area contributed by atoms with Crippen molar-refractivity contribution in [1.82, 2.24) is 14.3 Å². The molecule has 0 bridgehead atoms. The molecule has 2 aromatic heterocycles. The molecule has 1 saturated heterocycles. The number of hydrogen-bond acceptors (Lipinski definition) is 3. The molecule has 4 rings (SSSR count). The molecule has 3 heterocycles. The highest BCUT2D eigenvalue weighted by molar-refractivity contribution is 6.06. The molecular weight excluding hydrogens is 316 g/mol. The van der Waals surface area contributed by atoms with Gasteiger partial charge in [0, 0.05) is 30.3 Å². The molecule has 1 amide bonds. The van der Waals surface area contributed by atoms with Crippen LogP contribution in [-0.2, 0) is 17.8 Å². The summed E-state index contributed by atoms with van der Waals surface area (Å²) in [5.41, 5.74) is 2.44. The van der Waals surface area contributed by atoms with Crippen molar-refractivity contribution in [3.63, 3.8) is 0 Å². The Labute approximate surface area is 146 Å². The van der Waals surface area contributed by atoms with Gasteiger partial charge in [-0.15, -0.1) is 0 Å². The average molecular weight is 338 g/mol. The Bertz CT molecular complexity index is 890. The Kier molecular flexibility index (Phi) is 4.28. The SMILES string of the molecule is CCn1c(C(=O)Nc2cnn(C[C@@H]3CCCO3)c2)cc2ccccc21. The minimum atomic E-state index is -0.116. The summed E-state index contributed by atoms with van der Waals surface area (Å²) in [5.74, 6) is -0.116. The standard InChI is InChI=1S/C19H22N4O2/c1-2-23-17-8-4-3-6-14(17)10-18(23)19(24)21-15-11-20-22(12-15)13-16-7-5-9-25-16/h3-4,6,8,10-12,16H,2,5,7,9,13H2,1H3,(H,21,24)/t16-/m0/s1. The maximum absolute atomic E-state index is 12.7. The first kappa shape index (κ1) is 15.9. The van der Waals surface area contributed by atoms with Gasteiger partial charge in [-0.2, -0.15) is 5.10 Å². The highest BCUT2D eigenvalue weighted by Crippen LogP contribution is 2.21. The zero-order valence-corrected chi connectivity index (χ0v) is 14.3. The minimum Gasteiger partial charge on any atom is -0.376 e. The number of benzene rings is 1. The molecule has 0 spiro atoms. The fraction of sp³-hybridized carbons (Fsp3) is 0.368. The van der Waals surface area contributed by atoms with Crippen molar-refractivity contribution >= 4 is 22.5 Å². The third kappa shape index (κ3) is 3.17. The lowest BCUT2D eigenvalue weighted by atomic mass is 10.2. The van der Waals surface area contributed by atoms with Crippen molar-refractivity contribution in [2.45, 2.75) is 39.0 Å². The van der Waals surface area contributed by atoms with Gasteiger partial charge in [-0.1, -0.05) is 18.2 Å². The van der Waals surface area contributed by atoms with Crippen molar-refractivity contribution in [3.8, 4) is 0 Å². The second kappa shape index (κ2) is 6.72. The number of hydrogen-bond donors (Lipinski definition) is 1. The lowest BCUT2D eigenvalue weighted by molar-refractivity contribution is 0.0940. The van der Waals surface area contributed by atoms with Gasteiger partial charge < -0.3 is 14.6 Å². The Morgan fingerprint density at radius 2 is 2.28 bits per heavy atom. The lowest BCUT2D eigenvalue weighted by Gasteiger charge is -2.09. The van der Waals surface area contributed by atoms with Crippen LogP contribution in [0, 0.1) is 0 Å². The van der Waals surface area contributed by atoms with Crippen LogP contribution in [0.25, 0.3) is 10.9 Å². The summed E-state index contributed by atoms with van der Waals surface area (Å²) < 4.78 is 9.49. The van der Waals surface area contributed by atoms with E-state index in [1.54, 1.807) is 6.20 Å². The van der Waals surface area contributed by atoms with E-state index in [-0.39, 0.29) is 12.0 Å². The number of rotatable bonds is 5. The van der Waals surface area contributed by atoms with Crippen LogP contribution in [0.2, 0.25) is 0 Å². The van der Waals surface area contributed by atoms with Crippen molar-refractivity contribution in [2.24, 2.45) is 0 Å². The normalized spacial score (nSPS) is 17.2.